The van der Waals surface area contributed by atoms with Crippen molar-refractivity contribution >= 4 is 0 Å². The summed E-state index contributed by atoms with van der Waals surface area (Å²) in [5.74, 6) is -0.00248. The first kappa shape index (κ1) is 15.4. The molecule has 0 saturated carbocycles. The van der Waals surface area contributed by atoms with Gasteiger partial charge in [-0.05, 0) is 24.1 Å². The van der Waals surface area contributed by atoms with E-state index in [1.165, 1.54) is 12.1 Å². The molecule has 2 aliphatic rings. The zero-order chi connectivity index (χ0) is 15.9. The van der Waals surface area contributed by atoms with Gasteiger partial charge in [-0.25, -0.2) is 0 Å². The van der Waals surface area contributed by atoms with Crippen molar-refractivity contribution in [3.63, 3.8) is 0 Å². The molecule has 0 spiro atoms. The van der Waals surface area contributed by atoms with Crippen molar-refractivity contribution in [1.82, 2.24) is 4.90 Å². The second-order valence-electron chi connectivity index (χ2n) is 5.58. The van der Waals surface area contributed by atoms with E-state index in [0.717, 1.165) is 5.56 Å². The number of hydrogen-bond acceptors (Lipinski definition) is 6. The normalized spacial score (nSPS) is 30.5. The molecule has 122 valence electrons. The number of fused-ring (bicyclic) bond motifs is 1. The molecule has 1 aromatic carbocycles. The van der Waals surface area contributed by atoms with E-state index in [1.807, 2.05) is 0 Å². The highest BCUT2D eigenvalue weighted by Crippen LogP contribution is 2.41. The minimum absolute atomic E-state index is 0.000638. The molecule has 6 nitrogen and oxygen atoms in total. The van der Waals surface area contributed by atoms with Gasteiger partial charge in [-0.1, -0.05) is 6.07 Å². The lowest BCUT2D eigenvalue weighted by molar-refractivity contribution is -0.286. The standard InChI is InChI=1S/C14H17F2NO5/c15-14(16)21-11-2-1-8(5-12(11)22-14)3-4-17-6-9(18)13(20)10(19)7-17/h1-2,5,9-10,13,18-20H,3-4,6-7H2/t9-,10+,13+. The molecule has 8 heteroatoms. The lowest BCUT2D eigenvalue weighted by atomic mass is 10.0. The summed E-state index contributed by atoms with van der Waals surface area (Å²) in [6.45, 7) is 1.01. The zero-order valence-corrected chi connectivity index (χ0v) is 11.7. The molecule has 2 heterocycles. The van der Waals surface area contributed by atoms with E-state index in [0.29, 0.717) is 13.0 Å². The summed E-state index contributed by atoms with van der Waals surface area (Å²) >= 11 is 0. The fourth-order valence-corrected chi connectivity index (χ4v) is 2.69. The highest BCUT2D eigenvalue weighted by Gasteiger charge is 2.43. The van der Waals surface area contributed by atoms with Crippen molar-refractivity contribution in [2.45, 2.75) is 31.0 Å². The number of β-amino-alcohol motifs (C(OH)–C–C–N with tert-alkyl or cyclic N) is 2. The van der Waals surface area contributed by atoms with Crippen molar-refractivity contribution in [2.24, 2.45) is 0 Å². The molecule has 0 aromatic heterocycles. The van der Waals surface area contributed by atoms with Gasteiger partial charge in [-0.15, -0.1) is 8.78 Å². The molecule has 3 atom stereocenters. The van der Waals surface area contributed by atoms with Crippen LogP contribution >= 0.6 is 0 Å². The Morgan fingerprint density at radius 1 is 1.09 bits per heavy atom. The van der Waals surface area contributed by atoms with Crippen molar-refractivity contribution in [1.29, 1.82) is 0 Å². The van der Waals surface area contributed by atoms with Crippen LogP contribution in [0.2, 0.25) is 0 Å². The molecule has 22 heavy (non-hydrogen) atoms. The van der Waals surface area contributed by atoms with Gasteiger partial charge in [0.1, 0.15) is 6.10 Å². The van der Waals surface area contributed by atoms with E-state index in [2.05, 4.69) is 9.47 Å². The maximum Gasteiger partial charge on any atom is 0.586 e. The number of likely N-dealkylation sites (tertiary alicyclic amines) is 1. The van der Waals surface area contributed by atoms with Crippen LogP contribution in [0.25, 0.3) is 0 Å². The van der Waals surface area contributed by atoms with Crippen molar-refractivity contribution in [3.8, 4) is 11.5 Å². The van der Waals surface area contributed by atoms with Crippen LogP contribution in [0.15, 0.2) is 18.2 Å². The summed E-state index contributed by atoms with van der Waals surface area (Å²) in [6.07, 6.45) is -6.24. The number of rotatable bonds is 3. The van der Waals surface area contributed by atoms with Crippen LogP contribution in [-0.4, -0.2) is 64.5 Å². The summed E-state index contributed by atoms with van der Waals surface area (Å²) < 4.78 is 34.6. The van der Waals surface area contributed by atoms with Crippen molar-refractivity contribution in [2.75, 3.05) is 19.6 Å². The quantitative estimate of drug-likeness (QED) is 0.725. The number of halogens is 2. The highest BCUT2D eigenvalue weighted by molar-refractivity contribution is 5.45. The molecule has 1 aromatic rings. The van der Waals surface area contributed by atoms with Crippen LogP contribution in [0.4, 0.5) is 8.78 Å². The van der Waals surface area contributed by atoms with E-state index in [1.54, 1.807) is 11.0 Å². The van der Waals surface area contributed by atoms with Crippen LogP contribution in [0.1, 0.15) is 5.56 Å². The minimum atomic E-state index is -3.63. The smallest absolute Gasteiger partial charge is 0.395 e. The van der Waals surface area contributed by atoms with Gasteiger partial charge in [0.2, 0.25) is 0 Å². The van der Waals surface area contributed by atoms with Gasteiger partial charge >= 0.3 is 6.29 Å². The summed E-state index contributed by atoms with van der Waals surface area (Å²) in [4.78, 5) is 1.81. The highest BCUT2D eigenvalue weighted by atomic mass is 19.3. The number of hydrogen-bond donors (Lipinski definition) is 3. The Kier molecular flexibility index (Phi) is 3.94. The van der Waals surface area contributed by atoms with Gasteiger partial charge in [-0.2, -0.15) is 0 Å². The lowest BCUT2D eigenvalue weighted by Crippen LogP contribution is -2.55. The van der Waals surface area contributed by atoms with Crippen LogP contribution in [-0.2, 0) is 6.42 Å². The summed E-state index contributed by atoms with van der Waals surface area (Å²) in [5, 5.41) is 28.7. The van der Waals surface area contributed by atoms with E-state index >= 15 is 0 Å². The van der Waals surface area contributed by atoms with E-state index < -0.39 is 24.6 Å². The molecule has 0 aliphatic carbocycles. The predicted octanol–water partition coefficient (Wildman–Crippen LogP) is -0.0511. The van der Waals surface area contributed by atoms with Gasteiger partial charge in [0, 0.05) is 19.6 Å². The number of benzene rings is 1. The minimum Gasteiger partial charge on any atom is -0.395 e. The number of ether oxygens (including phenoxy) is 2. The first-order valence-corrected chi connectivity index (χ1v) is 6.99. The maximum atomic E-state index is 12.9. The molecule has 3 rings (SSSR count). The number of aliphatic hydroxyl groups is 3. The summed E-state index contributed by atoms with van der Waals surface area (Å²) in [5.41, 5.74) is 0.773. The Labute approximate surface area is 125 Å². The SMILES string of the molecule is O[C@H]1[C@H](O)CN(CCc2ccc3c(c2)OC(F)(F)O3)C[C@@H]1O. The molecule has 0 bridgehead atoms. The third kappa shape index (κ3) is 3.14. The van der Waals surface area contributed by atoms with Crippen molar-refractivity contribution < 1.29 is 33.6 Å². The molecule has 0 amide bonds. The first-order valence-electron chi connectivity index (χ1n) is 6.99. The van der Waals surface area contributed by atoms with E-state index in [4.69, 9.17) is 0 Å². The zero-order valence-electron chi connectivity index (χ0n) is 11.7. The molecule has 3 N–H and O–H groups in total. The van der Waals surface area contributed by atoms with Crippen LogP contribution in [0.3, 0.4) is 0 Å². The van der Waals surface area contributed by atoms with Gasteiger partial charge < -0.3 is 24.8 Å². The Morgan fingerprint density at radius 2 is 1.73 bits per heavy atom. The first-order chi connectivity index (χ1) is 10.3. The Hall–Kier alpha value is -1.48. The summed E-state index contributed by atoms with van der Waals surface area (Å²) in [7, 11) is 0. The molecular weight excluding hydrogens is 300 g/mol. The third-order valence-corrected chi connectivity index (χ3v) is 3.86. The monoisotopic (exact) mass is 317 g/mol. The van der Waals surface area contributed by atoms with Gasteiger partial charge in [-0.3, -0.25) is 4.90 Å². The topological polar surface area (TPSA) is 82.4 Å². The van der Waals surface area contributed by atoms with Gasteiger partial charge in [0.25, 0.3) is 0 Å². The third-order valence-electron chi connectivity index (χ3n) is 3.86. The Balaban J connectivity index is 1.59. The fourth-order valence-electron chi connectivity index (χ4n) is 2.69. The molecular formula is C14H17F2NO5. The molecule has 0 unspecified atom stereocenters. The average Bonchev–Trinajstić information content (AvgIpc) is 2.75. The Morgan fingerprint density at radius 3 is 2.41 bits per heavy atom. The number of alkyl halides is 2. The van der Waals surface area contributed by atoms with Gasteiger partial charge in [0.15, 0.2) is 11.5 Å². The molecule has 2 aliphatic heterocycles. The maximum absolute atomic E-state index is 12.9. The number of nitrogens with zero attached hydrogens (tertiary/aromatic N) is 1. The van der Waals surface area contributed by atoms with E-state index in [9.17, 15) is 24.1 Å². The van der Waals surface area contributed by atoms with Crippen LogP contribution < -0.4 is 9.47 Å². The number of aliphatic hydroxyl groups excluding tert-OH is 3. The van der Waals surface area contributed by atoms with Crippen LogP contribution in [0, 0.1) is 0 Å². The fraction of sp³-hybridized carbons (Fsp3) is 0.571. The predicted molar refractivity (Wildman–Crippen MR) is 70.8 cm³/mol. The Bertz CT molecular complexity index is 544. The lowest BCUT2D eigenvalue weighted by Gasteiger charge is -2.36. The second-order valence-corrected chi connectivity index (χ2v) is 5.58. The number of piperidine rings is 1. The van der Waals surface area contributed by atoms with Crippen molar-refractivity contribution in [3.05, 3.63) is 23.8 Å². The molecule has 1 saturated heterocycles. The molecule has 1 fully saturated rings. The second kappa shape index (κ2) is 5.62. The summed E-state index contributed by atoms with van der Waals surface area (Å²) in [6, 6.07) is 4.58. The average molecular weight is 317 g/mol. The van der Waals surface area contributed by atoms with Crippen LogP contribution in [0.5, 0.6) is 11.5 Å². The molecule has 0 radical (unpaired) electrons. The van der Waals surface area contributed by atoms with Gasteiger partial charge in [0.05, 0.1) is 12.2 Å². The van der Waals surface area contributed by atoms with E-state index in [-0.39, 0.29) is 24.6 Å². The largest absolute Gasteiger partial charge is 0.586 e.